The zero-order chi connectivity index (χ0) is 21.7. The summed E-state index contributed by atoms with van der Waals surface area (Å²) in [5.74, 6) is 0.249. The van der Waals surface area contributed by atoms with E-state index in [9.17, 15) is 13.2 Å². The van der Waals surface area contributed by atoms with Crippen LogP contribution >= 0.6 is 0 Å². The van der Waals surface area contributed by atoms with Crippen LogP contribution in [0, 0.1) is 11.3 Å². The van der Waals surface area contributed by atoms with Crippen LogP contribution in [-0.4, -0.2) is 45.1 Å². The van der Waals surface area contributed by atoms with Crippen molar-refractivity contribution in [2.24, 2.45) is 9.50 Å². The highest BCUT2D eigenvalue weighted by Gasteiger charge is 2.31. The molecule has 0 N–H and O–H groups in total. The van der Waals surface area contributed by atoms with Gasteiger partial charge in [0.2, 0.25) is 0 Å². The van der Waals surface area contributed by atoms with Gasteiger partial charge in [0.1, 0.15) is 4.90 Å². The first-order valence-electron chi connectivity index (χ1n) is 8.85. The fraction of sp³-hybridized carbons (Fsp3) is 0.200. The average molecular weight is 426 g/mol. The fourth-order valence-corrected chi connectivity index (χ4v) is 4.00. The molecule has 0 fully saturated rings. The molecule has 0 aromatic heterocycles. The van der Waals surface area contributed by atoms with Crippen LogP contribution in [0.5, 0.6) is 11.5 Å². The quantitative estimate of drug-likeness (QED) is 0.301. The highest BCUT2D eigenvalue weighted by Crippen LogP contribution is 2.29. The van der Waals surface area contributed by atoms with E-state index in [1.807, 2.05) is 6.07 Å². The van der Waals surface area contributed by atoms with Gasteiger partial charge in [0, 0.05) is 12.5 Å². The highest BCUT2D eigenvalue weighted by atomic mass is 32.2. The molecule has 10 heteroatoms. The minimum atomic E-state index is -3.82. The van der Waals surface area contributed by atoms with Crippen molar-refractivity contribution in [2.75, 3.05) is 13.7 Å². The van der Waals surface area contributed by atoms with Crippen molar-refractivity contribution in [3.05, 3.63) is 53.6 Å². The summed E-state index contributed by atoms with van der Waals surface area (Å²) in [7, 11) is -2.37. The van der Waals surface area contributed by atoms with Gasteiger partial charge in [0.05, 0.1) is 32.4 Å². The van der Waals surface area contributed by atoms with Gasteiger partial charge in [-0.1, -0.05) is 12.1 Å². The van der Waals surface area contributed by atoms with Crippen molar-refractivity contribution in [2.45, 2.75) is 18.2 Å². The number of carbonyl (C=O) groups is 1. The first-order chi connectivity index (χ1) is 14.4. The number of hydrogen-bond acceptors (Lipinski definition) is 8. The fourth-order valence-electron chi connectivity index (χ4n) is 2.79. The Hall–Kier alpha value is -3.71. The van der Waals surface area contributed by atoms with Crippen molar-refractivity contribution in [3.8, 4) is 17.6 Å². The van der Waals surface area contributed by atoms with E-state index >= 15 is 0 Å². The first kappa shape index (κ1) is 21.0. The molecule has 154 valence electrons. The second-order valence-electron chi connectivity index (χ2n) is 6.17. The molecule has 3 rings (SSSR count). The molecule has 1 heterocycles. The van der Waals surface area contributed by atoms with Gasteiger partial charge < -0.3 is 9.47 Å². The summed E-state index contributed by atoms with van der Waals surface area (Å²) < 4.78 is 38.8. The van der Waals surface area contributed by atoms with Crippen molar-refractivity contribution >= 4 is 28.0 Å². The van der Waals surface area contributed by atoms with Crippen molar-refractivity contribution in [3.63, 3.8) is 0 Å². The molecule has 1 aliphatic rings. The molecule has 0 aliphatic carbocycles. The number of nitriles is 1. The predicted molar refractivity (Wildman–Crippen MR) is 109 cm³/mol. The van der Waals surface area contributed by atoms with Gasteiger partial charge in [0.15, 0.2) is 17.3 Å². The minimum Gasteiger partial charge on any atom is -0.493 e. The van der Waals surface area contributed by atoms with Crippen LogP contribution in [0.3, 0.4) is 0 Å². The Morgan fingerprint density at radius 2 is 2.03 bits per heavy atom. The summed E-state index contributed by atoms with van der Waals surface area (Å²) in [5, 5.41) is 14.7. The maximum atomic E-state index is 12.3. The monoisotopic (exact) mass is 426 g/mol. The third kappa shape index (κ3) is 4.47. The van der Waals surface area contributed by atoms with E-state index in [0.29, 0.717) is 16.9 Å². The summed E-state index contributed by atoms with van der Waals surface area (Å²) in [6.45, 7) is 1.42. The SMILES string of the molecule is COc1ccc(/C=N/N(CCC#N)C2=NS(=O)(=O)c3ccccc32)cc1OC(C)=O. The third-order valence-electron chi connectivity index (χ3n) is 4.08. The maximum Gasteiger partial charge on any atom is 0.308 e. The molecule has 0 saturated carbocycles. The molecule has 0 amide bonds. The van der Waals surface area contributed by atoms with Crippen LogP contribution in [-0.2, 0) is 14.8 Å². The van der Waals surface area contributed by atoms with Crippen LogP contribution in [0.1, 0.15) is 24.5 Å². The van der Waals surface area contributed by atoms with Crippen LogP contribution in [0.2, 0.25) is 0 Å². The molecule has 0 radical (unpaired) electrons. The Labute approximate surface area is 173 Å². The minimum absolute atomic E-state index is 0.0961. The van der Waals surface area contributed by atoms with Crippen LogP contribution in [0.25, 0.3) is 0 Å². The zero-order valence-electron chi connectivity index (χ0n) is 16.3. The summed E-state index contributed by atoms with van der Waals surface area (Å²) in [4.78, 5) is 11.4. The van der Waals surface area contributed by atoms with E-state index in [4.69, 9.17) is 14.7 Å². The molecule has 0 bridgehead atoms. The first-order valence-corrected chi connectivity index (χ1v) is 10.3. The van der Waals surface area contributed by atoms with Crippen molar-refractivity contribution in [1.82, 2.24) is 5.01 Å². The molecule has 0 saturated heterocycles. The summed E-state index contributed by atoms with van der Waals surface area (Å²) in [5.41, 5.74) is 0.992. The van der Waals surface area contributed by atoms with Crippen LogP contribution in [0.15, 0.2) is 56.9 Å². The zero-order valence-corrected chi connectivity index (χ0v) is 17.1. The third-order valence-corrected chi connectivity index (χ3v) is 5.41. The van der Waals surface area contributed by atoms with Gasteiger partial charge in [0.25, 0.3) is 10.0 Å². The van der Waals surface area contributed by atoms with E-state index in [0.717, 1.165) is 0 Å². The lowest BCUT2D eigenvalue weighted by Crippen LogP contribution is -2.27. The maximum absolute atomic E-state index is 12.3. The van der Waals surface area contributed by atoms with Gasteiger partial charge in [-0.3, -0.25) is 4.79 Å². The van der Waals surface area contributed by atoms with Gasteiger partial charge in [-0.25, -0.2) is 5.01 Å². The Bertz CT molecular complexity index is 1180. The van der Waals surface area contributed by atoms with Crippen molar-refractivity contribution < 1.29 is 22.7 Å². The number of methoxy groups -OCH3 is 1. The highest BCUT2D eigenvalue weighted by molar-refractivity contribution is 7.90. The van der Waals surface area contributed by atoms with Crippen LogP contribution in [0.4, 0.5) is 0 Å². The summed E-state index contributed by atoms with van der Waals surface area (Å²) in [6, 6.07) is 13.3. The number of benzene rings is 2. The van der Waals surface area contributed by atoms with Crippen LogP contribution < -0.4 is 9.47 Å². The molecule has 0 atom stereocenters. The summed E-state index contributed by atoms with van der Waals surface area (Å²) in [6.07, 6.45) is 1.57. The molecule has 0 unspecified atom stereocenters. The number of carbonyl (C=O) groups excluding carboxylic acids is 1. The Balaban J connectivity index is 1.96. The van der Waals surface area contributed by atoms with Gasteiger partial charge in [-0.2, -0.15) is 18.8 Å². The second-order valence-corrected chi connectivity index (χ2v) is 7.74. The van der Waals surface area contributed by atoms with E-state index in [1.54, 1.807) is 36.4 Å². The van der Waals surface area contributed by atoms with E-state index in [-0.39, 0.29) is 29.4 Å². The van der Waals surface area contributed by atoms with Gasteiger partial charge in [-0.15, -0.1) is 4.40 Å². The summed E-state index contributed by atoms with van der Waals surface area (Å²) >= 11 is 0. The molecule has 30 heavy (non-hydrogen) atoms. The Morgan fingerprint density at radius 3 is 2.73 bits per heavy atom. The Kier molecular flexibility index (Phi) is 6.13. The number of amidine groups is 1. The van der Waals surface area contributed by atoms with E-state index in [2.05, 4.69) is 9.50 Å². The number of ether oxygens (including phenoxy) is 2. The topological polar surface area (TPSA) is 121 Å². The number of sulfonamides is 1. The number of esters is 1. The average Bonchev–Trinajstić information content (AvgIpc) is 2.99. The van der Waals surface area contributed by atoms with E-state index in [1.165, 1.54) is 31.3 Å². The van der Waals surface area contributed by atoms with Crippen molar-refractivity contribution in [1.29, 1.82) is 5.26 Å². The normalized spacial score (nSPS) is 14.0. The Morgan fingerprint density at radius 1 is 1.27 bits per heavy atom. The second kappa shape index (κ2) is 8.75. The number of fused-ring (bicyclic) bond motifs is 1. The standard InChI is InChI=1S/C20H18N4O5S/c1-14(25)29-18-12-15(8-9-17(18)28-2)13-22-24(11-5-10-21)20-16-6-3-4-7-19(16)30(26,27)23-20/h3-4,6-9,12-13H,5,11H2,1-2H3/b22-13+. The molecule has 1 aliphatic heterocycles. The van der Waals surface area contributed by atoms with Gasteiger partial charge >= 0.3 is 5.97 Å². The molecular formula is C20H18N4O5S. The number of nitrogens with zero attached hydrogens (tertiary/aromatic N) is 4. The smallest absolute Gasteiger partial charge is 0.308 e. The van der Waals surface area contributed by atoms with E-state index < -0.39 is 16.0 Å². The largest absolute Gasteiger partial charge is 0.493 e. The number of hydrazone groups is 1. The lowest BCUT2D eigenvalue weighted by molar-refractivity contribution is -0.132. The lowest BCUT2D eigenvalue weighted by atomic mass is 10.2. The molecule has 2 aromatic carbocycles. The number of hydrogen-bond donors (Lipinski definition) is 0. The molecular weight excluding hydrogens is 408 g/mol. The molecule has 0 spiro atoms. The molecule has 9 nitrogen and oxygen atoms in total. The predicted octanol–water partition coefficient (Wildman–Crippen LogP) is 2.32. The number of rotatable bonds is 6. The molecule has 2 aromatic rings. The van der Waals surface area contributed by atoms with Gasteiger partial charge in [-0.05, 0) is 35.9 Å². The lowest BCUT2D eigenvalue weighted by Gasteiger charge is -2.17.